The van der Waals surface area contributed by atoms with E-state index in [9.17, 15) is 10.4 Å². The summed E-state index contributed by atoms with van der Waals surface area (Å²) >= 11 is 1.45. The van der Waals surface area contributed by atoms with E-state index in [0.717, 1.165) is 26.4 Å². The topological polar surface area (TPSA) is 122 Å². The van der Waals surface area contributed by atoms with E-state index in [-0.39, 0.29) is 35.1 Å². The number of hydrogen-bond acceptors (Lipinski definition) is 9. The van der Waals surface area contributed by atoms with Gasteiger partial charge in [-0.2, -0.15) is 5.26 Å². The van der Waals surface area contributed by atoms with Crippen molar-refractivity contribution in [2.24, 2.45) is 11.8 Å². The summed E-state index contributed by atoms with van der Waals surface area (Å²) in [5.41, 5.74) is 0.926. The first-order chi connectivity index (χ1) is 29.2. The third kappa shape index (κ3) is 9.75. The quantitative estimate of drug-likeness (QED) is 0.0324. The number of rotatable bonds is 17. The first kappa shape index (κ1) is 45.6. The predicted molar refractivity (Wildman–Crippen MR) is 250 cm³/mol. The van der Waals surface area contributed by atoms with Crippen molar-refractivity contribution in [2.45, 2.75) is 82.0 Å². The molecule has 4 aromatic carbocycles. The van der Waals surface area contributed by atoms with E-state index in [0.29, 0.717) is 5.75 Å². The van der Waals surface area contributed by atoms with Crippen LogP contribution in [0, 0.1) is 23.2 Å². The van der Waals surface area contributed by atoms with E-state index in [1.54, 1.807) is 24.4 Å². The molecule has 318 valence electrons. The summed E-state index contributed by atoms with van der Waals surface area (Å²) in [5, 5.41) is 25.1. The van der Waals surface area contributed by atoms with Gasteiger partial charge < -0.3 is 23.9 Å². The van der Waals surface area contributed by atoms with Gasteiger partial charge in [-0.25, -0.2) is 4.79 Å². The Bertz CT molecular complexity index is 2240. The van der Waals surface area contributed by atoms with Crippen LogP contribution in [0.3, 0.4) is 0 Å². The molecule has 12 heteroatoms. The number of β-lactam (4-membered cyclic amide) rings is 1. The van der Waals surface area contributed by atoms with Gasteiger partial charge in [-0.15, -0.1) is 11.8 Å². The number of nitrogens with zero attached hydrogens (tertiary/aromatic N) is 3. The molecule has 9 nitrogen and oxygen atoms in total. The van der Waals surface area contributed by atoms with Gasteiger partial charge in [0.2, 0.25) is 5.91 Å². The number of pyridine rings is 1. The number of ether oxygens (including phenoxy) is 2. The lowest BCUT2D eigenvalue weighted by Gasteiger charge is -2.55. The molecule has 1 fully saturated rings. The number of carbonyl (C=O) groups excluding carboxylic acids is 2. The number of hydrogen-bond donors (Lipinski definition) is 1. The van der Waals surface area contributed by atoms with Crippen molar-refractivity contribution >= 4 is 60.2 Å². The number of likely N-dealkylation sites (tertiary alicyclic amines) is 1. The Kier molecular flexibility index (Phi) is 14.8. The highest BCUT2D eigenvalue weighted by molar-refractivity contribution is 7.99. The predicted octanol–water partition coefficient (Wildman–Crippen LogP) is 8.18. The molecule has 0 aliphatic carbocycles. The van der Waals surface area contributed by atoms with E-state index < -0.39 is 51.3 Å². The SMILES string of the molecule is COc1ccc(COC(=O)C(N2C(=O)[C@H]([C@@H](C)O[Si](C)(C)C(C)(C)C)[C@H]2[C@@H](CC#N)[C@H](O)CSc2ccncc2)=P(c2ccccc2)(c2ccccc2)c2ccccc2)cc1. The number of aliphatic hydroxyl groups is 1. The van der Waals surface area contributed by atoms with Crippen LogP contribution in [-0.2, 0) is 25.4 Å². The first-order valence-corrected chi connectivity index (χ1v) is 26.2. The fourth-order valence-corrected chi connectivity index (χ4v) is 14.6. The second kappa shape index (κ2) is 19.8. The lowest BCUT2D eigenvalue weighted by atomic mass is 9.73. The molecule has 1 amide bonds. The smallest absolute Gasteiger partial charge is 0.356 e. The number of thioether (sulfide) groups is 1. The summed E-state index contributed by atoms with van der Waals surface area (Å²) in [7, 11) is -0.850. The second-order valence-corrected chi connectivity index (χ2v) is 26.0. The summed E-state index contributed by atoms with van der Waals surface area (Å²) in [5.74, 6) is -1.60. The Morgan fingerprint density at radius 3 is 1.89 bits per heavy atom. The Labute approximate surface area is 366 Å². The molecule has 1 aliphatic heterocycles. The molecule has 1 saturated heterocycles. The van der Waals surface area contributed by atoms with Gasteiger partial charge in [0, 0.05) is 42.3 Å². The van der Waals surface area contributed by atoms with Crippen LogP contribution in [0.1, 0.15) is 39.7 Å². The zero-order chi connectivity index (χ0) is 43.8. The molecule has 61 heavy (non-hydrogen) atoms. The van der Waals surface area contributed by atoms with E-state index >= 15 is 9.59 Å². The molecule has 0 bridgehead atoms. The first-order valence-electron chi connectivity index (χ1n) is 20.6. The van der Waals surface area contributed by atoms with Crippen molar-refractivity contribution in [3.8, 4) is 11.8 Å². The maximum Gasteiger partial charge on any atom is 0.356 e. The Morgan fingerprint density at radius 1 is 0.885 bits per heavy atom. The number of aliphatic hydroxyl groups excluding tert-OH is 1. The second-order valence-electron chi connectivity index (χ2n) is 16.8. The lowest BCUT2D eigenvalue weighted by Crippen LogP contribution is -2.72. The van der Waals surface area contributed by atoms with E-state index in [4.69, 9.17) is 13.9 Å². The third-order valence-corrected chi connectivity index (χ3v) is 21.9. The van der Waals surface area contributed by atoms with Crippen molar-refractivity contribution in [1.29, 1.82) is 5.26 Å². The largest absolute Gasteiger partial charge is 0.497 e. The van der Waals surface area contributed by atoms with E-state index in [1.165, 1.54) is 11.8 Å². The van der Waals surface area contributed by atoms with Crippen LogP contribution >= 0.6 is 18.6 Å². The molecule has 0 saturated carbocycles. The van der Waals surface area contributed by atoms with Crippen molar-refractivity contribution in [3.05, 3.63) is 145 Å². The van der Waals surface area contributed by atoms with Crippen LogP contribution in [0.2, 0.25) is 18.1 Å². The highest BCUT2D eigenvalue weighted by Crippen LogP contribution is 2.52. The van der Waals surface area contributed by atoms with Crippen molar-refractivity contribution in [3.63, 3.8) is 0 Å². The fourth-order valence-electron chi connectivity index (χ4n) is 7.86. The standard InChI is InChI=1S/C49H56N3O6PSSi/c1-35(58-61(6,7)49(2,3)4)44-45(42(27-30-50)43(53)34-60-41-28-31-51-32-29-41)52(46(44)54)47(48(55)57-33-36-23-25-37(56-5)26-24-36)59(38-17-11-8-12-18-38,39-19-13-9-14-20-39)40-21-15-10-16-22-40/h8-26,28-29,31-32,35,42-45,53H,27,33-34H2,1-7H3/t35-,42+,43-,44-,45-/m1/s1. The summed E-state index contributed by atoms with van der Waals surface area (Å²) in [6.07, 6.45) is 1.68. The normalized spacial score (nSPS) is 17.0. The highest BCUT2D eigenvalue weighted by Gasteiger charge is 2.60. The molecule has 0 unspecified atom stereocenters. The molecule has 6 rings (SSSR count). The van der Waals surface area contributed by atoms with Gasteiger partial charge in [-0.05, 0) is 70.8 Å². The zero-order valence-electron chi connectivity index (χ0n) is 36.0. The molecule has 5 atom stereocenters. The minimum Gasteiger partial charge on any atom is -0.497 e. The number of aromatic nitrogens is 1. The Hall–Kier alpha value is -4.95. The van der Waals surface area contributed by atoms with Crippen LogP contribution in [0.5, 0.6) is 5.75 Å². The van der Waals surface area contributed by atoms with Gasteiger partial charge in [0.15, 0.2) is 8.32 Å². The number of nitriles is 1. The van der Waals surface area contributed by atoms with E-state index in [2.05, 4.69) is 44.9 Å². The molecule has 2 heterocycles. The van der Waals surface area contributed by atoms with Gasteiger partial charge in [0.25, 0.3) is 0 Å². The summed E-state index contributed by atoms with van der Waals surface area (Å²) < 4.78 is 18.7. The molecular formula is C49H56N3O6PSSi. The summed E-state index contributed by atoms with van der Waals surface area (Å²) in [4.78, 5) is 37.8. The molecule has 0 spiro atoms. The van der Waals surface area contributed by atoms with Gasteiger partial charge >= 0.3 is 5.97 Å². The number of esters is 1. The minimum absolute atomic E-state index is 0.0709. The lowest BCUT2D eigenvalue weighted by molar-refractivity contribution is -0.163. The monoisotopic (exact) mass is 873 g/mol. The average Bonchev–Trinajstić information content (AvgIpc) is 3.26. The van der Waals surface area contributed by atoms with Crippen molar-refractivity contribution in [2.75, 3.05) is 12.9 Å². The van der Waals surface area contributed by atoms with Crippen LogP contribution < -0.4 is 20.7 Å². The summed E-state index contributed by atoms with van der Waals surface area (Å²) in [6, 6.07) is 42.1. The van der Waals surface area contributed by atoms with Gasteiger partial charge in [0.1, 0.15) is 17.8 Å². The molecule has 1 aromatic heterocycles. The molecule has 0 radical (unpaired) electrons. The Balaban J connectivity index is 1.64. The average molecular weight is 874 g/mol. The third-order valence-electron chi connectivity index (χ3n) is 12.0. The molecule has 1 N–H and O–H groups in total. The zero-order valence-corrected chi connectivity index (χ0v) is 38.7. The fraction of sp³-hybridized carbons (Fsp3) is 0.327. The van der Waals surface area contributed by atoms with Crippen LogP contribution in [0.25, 0.3) is 0 Å². The van der Waals surface area contributed by atoms with Crippen LogP contribution in [-0.4, -0.2) is 71.7 Å². The van der Waals surface area contributed by atoms with Gasteiger partial charge in [-0.3, -0.25) is 9.78 Å². The van der Waals surface area contributed by atoms with Crippen LogP contribution in [0.15, 0.2) is 145 Å². The maximum absolute atomic E-state index is 15.6. The molecular weight excluding hydrogens is 818 g/mol. The van der Waals surface area contributed by atoms with Crippen LogP contribution in [0.4, 0.5) is 0 Å². The van der Waals surface area contributed by atoms with E-state index in [1.807, 2.05) is 134 Å². The van der Waals surface area contributed by atoms with Gasteiger partial charge in [0.05, 0.1) is 37.3 Å². The maximum atomic E-state index is 15.6. The number of benzene rings is 4. The van der Waals surface area contributed by atoms with Crippen molar-refractivity contribution < 1.29 is 28.6 Å². The highest BCUT2D eigenvalue weighted by atomic mass is 32.2. The molecule has 5 aromatic rings. The number of amides is 1. The molecule has 1 aliphatic rings. The summed E-state index contributed by atoms with van der Waals surface area (Å²) in [6.45, 7) is 9.30. The van der Waals surface area contributed by atoms with Gasteiger partial charge in [-0.1, -0.05) is 124 Å². The number of carbonyl (C=O) groups is 2. The number of methoxy groups -OCH3 is 1. The van der Waals surface area contributed by atoms with Crippen molar-refractivity contribution in [1.82, 2.24) is 9.88 Å². The minimum atomic E-state index is -3.31. The Morgan fingerprint density at radius 2 is 1.41 bits per heavy atom.